The van der Waals surface area contributed by atoms with E-state index in [1.807, 2.05) is 0 Å². The molecule has 1 heterocycles. The predicted octanol–water partition coefficient (Wildman–Crippen LogP) is 3.57. The number of hydrogen-bond acceptors (Lipinski definition) is 6. The van der Waals surface area contributed by atoms with Gasteiger partial charge in [-0.2, -0.15) is 13.2 Å². The van der Waals surface area contributed by atoms with Crippen LogP contribution in [0.4, 0.5) is 13.2 Å². The van der Waals surface area contributed by atoms with Gasteiger partial charge in [-0.15, -0.1) is 0 Å². The molecule has 1 aliphatic heterocycles. The molecule has 0 spiro atoms. The zero-order valence-corrected chi connectivity index (χ0v) is 16.6. The van der Waals surface area contributed by atoms with Crippen LogP contribution >= 0.6 is 11.8 Å². The number of unbranched alkanes of at least 4 members (excludes halogenated alkanes) is 2. The molecule has 0 fully saturated rings. The number of aliphatic hydroxyl groups excluding tert-OH is 1. The zero-order valence-electron chi connectivity index (χ0n) is 15.8. The first-order valence-corrected chi connectivity index (χ1v) is 10.2. The van der Waals surface area contributed by atoms with Crippen LogP contribution in [0.3, 0.4) is 0 Å². The lowest BCUT2D eigenvalue weighted by atomic mass is 10.1. The van der Waals surface area contributed by atoms with Crippen molar-refractivity contribution < 1.29 is 27.8 Å². The molecule has 28 heavy (non-hydrogen) atoms. The number of ether oxygens (including phenoxy) is 2. The Labute approximate surface area is 167 Å². The van der Waals surface area contributed by atoms with Gasteiger partial charge < -0.3 is 25.6 Å². The van der Waals surface area contributed by atoms with Gasteiger partial charge >= 0.3 is 6.18 Å². The fraction of sp³-hybridized carbons (Fsp3) is 0.579. The van der Waals surface area contributed by atoms with E-state index in [4.69, 9.17) is 20.3 Å². The number of rotatable bonds is 11. The van der Waals surface area contributed by atoms with Gasteiger partial charge in [-0.1, -0.05) is 37.6 Å². The van der Waals surface area contributed by atoms with Crippen molar-refractivity contribution in [2.24, 2.45) is 5.73 Å². The molecule has 0 radical (unpaired) electrons. The third kappa shape index (κ3) is 6.58. The third-order valence-corrected chi connectivity index (χ3v) is 5.53. The molecule has 2 rings (SSSR count). The Kier molecular flexibility index (Phi) is 8.94. The topological polar surface area (TPSA) is 76.7 Å². The Morgan fingerprint density at radius 3 is 2.71 bits per heavy atom. The van der Waals surface area contributed by atoms with Gasteiger partial charge in [0.1, 0.15) is 12.4 Å². The first-order valence-electron chi connectivity index (χ1n) is 9.28. The van der Waals surface area contributed by atoms with Gasteiger partial charge in [0.05, 0.1) is 30.2 Å². The monoisotopic (exact) mass is 420 g/mol. The highest BCUT2D eigenvalue weighted by molar-refractivity contribution is 8.09. The van der Waals surface area contributed by atoms with E-state index >= 15 is 0 Å². The molecule has 0 saturated carbocycles. The molecule has 2 atom stereocenters. The molecule has 1 aliphatic rings. The number of aliphatic hydroxyl groups is 1. The van der Waals surface area contributed by atoms with Crippen LogP contribution in [-0.4, -0.2) is 42.9 Å². The molecule has 0 aliphatic carbocycles. The molecule has 0 aromatic heterocycles. The lowest BCUT2D eigenvalue weighted by Gasteiger charge is -2.18. The Morgan fingerprint density at radius 1 is 1.25 bits per heavy atom. The molecule has 1 aromatic rings. The van der Waals surface area contributed by atoms with E-state index < -0.39 is 17.8 Å². The normalized spacial score (nSPS) is 17.9. The van der Waals surface area contributed by atoms with Gasteiger partial charge in [0.15, 0.2) is 0 Å². The number of hydrogen-bond donors (Lipinski definition) is 3. The molecule has 2 unspecified atom stereocenters. The van der Waals surface area contributed by atoms with E-state index in [1.165, 1.54) is 17.8 Å². The van der Waals surface area contributed by atoms with Crippen LogP contribution in [0.15, 0.2) is 24.4 Å². The maximum absolute atomic E-state index is 13.5. The number of thioether (sulfide) groups is 1. The van der Waals surface area contributed by atoms with Crippen LogP contribution in [0, 0.1) is 0 Å². The van der Waals surface area contributed by atoms with Gasteiger partial charge in [0.25, 0.3) is 0 Å². The molecule has 158 valence electrons. The summed E-state index contributed by atoms with van der Waals surface area (Å²) in [5.41, 5.74) is 5.36. The maximum atomic E-state index is 13.5. The number of nitrogens with one attached hydrogen (secondary N) is 1. The zero-order chi connectivity index (χ0) is 20.6. The Hall–Kier alpha value is -1.42. The number of nitrogens with two attached hydrogens (primary N) is 1. The summed E-state index contributed by atoms with van der Waals surface area (Å²) in [7, 11) is 0. The minimum atomic E-state index is -4.54. The van der Waals surface area contributed by atoms with E-state index in [-0.39, 0.29) is 30.9 Å². The van der Waals surface area contributed by atoms with Crippen molar-refractivity contribution in [3.05, 3.63) is 35.5 Å². The van der Waals surface area contributed by atoms with Crippen molar-refractivity contribution in [1.82, 2.24) is 5.32 Å². The summed E-state index contributed by atoms with van der Waals surface area (Å²) in [5, 5.41) is 11.8. The molecule has 0 bridgehead atoms. The van der Waals surface area contributed by atoms with Crippen molar-refractivity contribution in [3.63, 3.8) is 0 Å². The maximum Gasteiger partial charge on any atom is 0.419 e. The fourth-order valence-electron chi connectivity index (χ4n) is 2.62. The highest BCUT2D eigenvalue weighted by Crippen LogP contribution is 2.41. The summed E-state index contributed by atoms with van der Waals surface area (Å²) in [5.74, 6) is -0.214. The van der Waals surface area contributed by atoms with Crippen LogP contribution in [-0.2, 0) is 10.9 Å². The van der Waals surface area contributed by atoms with E-state index in [0.717, 1.165) is 25.3 Å². The average Bonchev–Trinajstić information content (AvgIpc) is 3.16. The van der Waals surface area contributed by atoms with Crippen LogP contribution in [0.25, 0.3) is 4.91 Å². The molecule has 0 saturated heterocycles. The molecule has 1 aromatic carbocycles. The van der Waals surface area contributed by atoms with E-state index in [0.29, 0.717) is 17.1 Å². The second-order valence-corrected chi connectivity index (χ2v) is 7.62. The summed E-state index contributed by atoms with van der Waals surface area (Å²) in [6, 6.07) is 3.47. The summed E-state index contributed by atoms with van der Waals surface area (Å²) in [6.07, 6.45) is 0.155. The predicted molar refractivity (Wildman–Crippen MR) is 105 cm³/mol. The minimum absolute atomic E-state index is 0.0565. The quantitative estimate of drug-likeness (QED) is 0.475. The first kappa shape index (κ1) is 22.9. The fourth-order valence-corrected chi connectivity index (χ4v) is 3.69. The van der Waals surface area contributed by atoms with Crippen LogP contribution in [0.5, 0.6) is 5.75 Å². The first-order chi connectivity index (χ1) is 13.4. The van der Waals surface area contributed by atoms with Gasteiger partial charge in [-0.25, -0.2) is 0 Å². The minimum Gasteiger partial charge on any atom is -0.491 e. The second-order valence-electron chi connectivity index (χ2n) is 6.44. The van der Waals surface area contributed by atoms with E-state index in [9.17, 15) is 13.2 Å². The van der Waals surface area contributed by atoms with E-state index in [2.05, 4.69) is 12.2 Å². The average molecular weight is 420 g/mol. The highest BCUT2D eigenvalue weighted by atomic mass is 32.2. The summed E-state index contributed by atoms with van der Waals surface area (Å²) >= 11 is 1.29. The van der Waals surface area contributed by atoms with Gasteiger partial charge in [-0.05, 0) is 24.1 Å². The summed E-state index contributed by atoms with van der Waals surface area (Å²) in [6.45, 7) is 2.75. The molecular weight excluding hydrogens is 393 g/mol. The lowest BCUT2D eigenvalue weighted by Crippen LogP contribution is -2.41. The van der Waals surface area contributed by atoms with Crippen molar-refractivity contribution in [2.45, 2.75) is 43.8 Å². The summed E-state index contributed by atoms with van der Waals surface area (Å²) in [4.78, 5) is 0.630. The van der Waals surface area contributed by atoms with Crippen LogP contribution < -0.4 is 15.8 Å². The SMILES string of the molecule is CCCCCOCCOc1ccc(C2=CNC(C(N)CO)S2)cc1C(F)(F)F. The number of halogens is 3. The van der Waals surface area contributed by atoms with Crippen LogP contribution in [0.1, 0.15) is 37.3 Å². The number of alkyl halides is 3. The Bertz CT molecular complexity index is 656. The molecule has 4 N–H and O–H groups in total. The molecular formula is C19H27F3N2O3S. The van der Waals surface area contributed by atoms with Crippen molar-refractivity contribution in [2.75, 3.05) is 26.4 Å². The Morgan fingerprint density at radius 2 is 2.04 bits per heavy atom. The van der Waals surface area contributed by atoms with Crippen LogP contribution in [0.2, 0.25) is 0 Å². The van der Waals surface area contributed by atoms with Gasteiger partial charge in [0.2, 0.25) is 0 Å². The molecule has 9 heteroatoms. The van der Waals surface area contributed by atoms with Gasteiger partial charge in [-0.3, -0.25) is 0 Å². The van der Waals surface area contributed by atoms with Crippen molar-refractivity contribution in [1.29, 1.82) is 0 Å². The standard InChI is InChI=1S/C19H27F3N2O3S/c1-2-3-4-7-26-8-9-27-16-6-5-13(10-14(16)19(20,21)22)17-11-24-18(28-17)15(23)12-25/h5-6,10-11,15,18,24-25H,2-4,7-9,12,23H2,1H3. The molecule has 0 amide bonds. The lowest BCUT2D eigenvalue weighted by molar-refractivity contribution is -0.139. The highest BCUT2D eigenvalue weighted by Gasteiger charge is 2.35. The molecule has 5 nitrogen and oxygen atoms in total. The smallest absolute Gasteiger partial charge is 0.419 e. The van der Waals surface area contributed by atoms with Gasteiger partial charge in [0, 0.05) is 17.7 Å². The summed E-state index contributed by atoms with van der Waals surface area (Å²) < 4.78 is 51.1. The number of benzene rings is 1. The van der Waals surface area contributed by atoms with Crippen molar-refractivity contribution >= 4 is 16.7 Å². The second kappa shape index (κ2) is 10.9. The largest absolute Gasteiger partial charge is 0.491 e. The van der Waals surface area contributed by atoms with Crippen molar-refractivity contribution in [3.8, 4) is 5.75 Å². The Balaban J connectivity index is 2.00. The third-order valence-electron chi connectivity index (χ3n) is 4.18. The van der Waals surface area contributed by atoms with E-state index in [1.54, 1.807) is 12.3 Å².